The fourth-order valence-electron chi connectivity index (χ4n) is 3.97. The van der Waals surface area contributed by atoms with Gasteiger partial charge in [0, 0.05) is 13.1 Å². The highest BCUT2D eigenvalue weighted by Crippen LogP contribution is 2.26. The van der Waals surface area contributed by atoms with E-state index in [-0.39, 0.29) is 18.4 Å². The number of carbonyl (C=O) groups is 4. The first-order valence-electron chi connectivity index (χ1n) is 9.94. The van der Waals surface area contributed by atoms with Crippen molar-refractivity contribution in [2.75, 3.05) is 26.2 Å². The highest BCUT2D eigenvalue weighted by Gasteiger charge is 2.43. The summed E-state index contributed by atoms with van der Waals surface area (Å²) in [4.78, 5) is 52.1. The Balaban J connectivity index is 2.10. The van der Waals surface area contributed by atoms with Gasteiger partial charge in [0.2, 0.25) is 17.7 Å². The second-order valence-electron chi connectivity index (χ2n) is 7.33. The van der Waals surface area contributed by atoms with Crippen LogP contribution in [0.2, 0.25) is 0 Å². The molecule has 2 aliphatic rings. The van der Waals surface area contributed by atoms with E-state index in [0.717, 1.165) is 6.42 Å². The predicted octanol–water partition coefficient (Wildman–Crippen LogP) is -1.37. The third-order valence-electron chi connectivity index (χ3n) is 5.41. The lowest BCUT2D eigenvalue weighted by Crippen LogP contribution is -2.55. The molecule has 3 amide bonds. The summed E-state index contributed by atoms with van der Waals surface area (Å²) in [5.41, 5.74) is 10.9. The number of hydrogen-bond acceptors (Lipinski definition) is 6. The molecule has 10 heteroatoms. The van der Waals surface area contributed by atoms with Crippen LogP contribution in [0, 0.1) is 0 Å². The summed E-state index contributed by atoms with van der Waals surface area (Å²) in [5, 5.41) is 12.0. The minimum absolute atomic E-state index is 0.225. The van der Waals surface area contributed by atoms with Crippen LogP contribution in [0.15, 0.2) is 0 Å². The van der Waals surface area contributed by atoms with Crippen LogP contribution < -0.4 is 16.8 Å². The van der Waals surface area contributed by atoms with Gasteiger partial charge >= 0.3 is 5.97 Å². The Morgan fingerprint density at radius 2 is 1.64 bits per heavy atom. The number of carboxylic acids is 1. The number of nitrogens with one attached hydrogen (secondary N) is 1. The van der Waals surface area contributed by atoms with Gasteiger partial charge in [-0.1, -0.05) is 0 Å². The third-order valence-corrected chi connectivity index (χ3v) is 5.41. The minimum Gasteiger partial charge on any atom is -0.480 e. The first-order valence-corrected chi connectivity index (χ1v) is 9.94. The van der Waals surface area contributed by atoms with E-state index in [2.05, 4.69) is 5.32 Å². The van der Waals surface area contributed by atoms with Gasteiger partial charge in [0.15, 0.2) is 0 Å². The number of carboxylic acid groups (broad SMARTS) is 1. The van der Waals surface area contributed by atoms with Crippen molar-refractivity contribution in [3.8, 4) is 0 Å². The molecule has 0 aromatic rings. The van der Waals surface area contributed by atoms with Crippen LogP contribution in [-0.4, -0.2) is 82.9 Å². The Hall–Kier alpha value is -2.20. The average Bonchev–Trinajstić information content (AvgIpc) is 3.35. The molecular weight excluding hydrogens is 366 g/mol. The summed E-state index contributed by atoms with van der Waals surface area (Å²) < 4.78 is 0. The molecule has 28 heavy (non-hydrogen) atoms. The van der Waals surface area contributed by atoms with Crippen LogP contribution in [0.4, 0.5) is 0 Å². The Bertz CT molecular complexity index is 599. The minimum atomic E-state index is -1.02. The summed E-state index contributed by atoms with van der Waals surface area (Å²) in [6.45, 7) is 1.06. The molecule has 2 heterocycles. The molecule has 3 atom stereocenters. The molecule has 2 saturated heterocycles. The molecule has 10 nitrogen and oxygen atoms in total. The van der Waals surface area contributed by atoms with Crippen LogP contribution in [0.3, 0.4) is 0 Å². The van der Waals surface area contributed by atoms with E-state index >= 15 is 0 Å². The van der Waals surface area contributed by atoms with Crippen molar-refractivity contribution in [2.45, 2.75) is 63.1 Å². The molecule has 0 aliphatic carbocycles. The van der Waals surface area contributed by atoms with Crippen LogP contribution >= 0.6 is 0 Å². The van der Waals surface area contributed by atoms with Gasteiger partial charge < -0.3 is 31.7 Å². The summed E-state index contributed by atoms with van der Waals surface area (Å²) in [5.74, 6) is -2.09. The number of aliphatic carboxylic acids is 1. The smallest absolute Gasteiger partial charge is 0.326 e. The fraction of sp³-hybridized carbons (Fsp3) is 0.778. The number of amides is 3. The molecule has 0 bridgehead atoms. The quantitative estimate of drug-likeness (QED) is 0.349. The predicted molar refractivity (Wildman–Crippen MR) is 101 cm³/mol. The van der Waals surface area contributed by atoms with Gasteiger partial charge in [0.05, 0.1) is 6.54 Å². The molecular formula is C18H31N5O5. The molecule has 2 fully saturated rings. The van der Waals surface area contributed by atoms with Gasteiger partial charge in [0.25, 0.3) is 0 Å². The third kappa shape index (κ3) is 5.20. The molecule has 6 N–H and O–H groups in total. The van der Waals surface area contributed by atoms with Crippen molar-refractivity contribution < 1.29 is 24.3 Å². The molecule has 0 spiro atoms. The largest absolute Gasteiger partial charge is 0.480 e. The molecule has 3 unspecified atom stereocenters. The van der Waals surface area contributed by atoms with E-state index in [1.54, 1.807) is 0 Å². The number of nitrogens with two attached hydrogens (primary N) is 2. The number of rotatable bonds is 9. The highest BCUT2D eigenvalue weighted by molar-refractivity contribution is 5.94. The molecule has 2 rings (SSSR count). The monoisotopic (exact) mass is 397 g/mol. The molecule has 0 aromatic carbocycles. The highest BCUT2D eigenvalue weighted by atomic mass is 16.4. The average molecular weight is 397 g/mol. The SMILES string of the molecule is NCCCCC(NC(=O)CN)C(=O)N1CCCC1C(=O)N1CCCC1C(=O)O. The Kier molecular flexibility index (Phi) is 8.18. The molecule has 0 radical (unpaired) electrons. The molecule has 2 aliphatic heterocycles. The van der Waals surface area contributed by atoms with Crippen LogP contribution in [0.1, 0.15) is 44.9 Å². The first-order chi connectivity index (χ1) is 13.4. The van der Waals surface area contributed by atoms with Crippen LogP contribution in [0.25, 0.3) is 0 Å². The summed E-state index contributed by atoms with van der Waals surface area (Å²) >= 11 is 0. The lowest BCUT2D eigenvalue weighted by molar-refractivity contribution is -0.152. The van der Waals surface area contributed by atoms with Gasteiger partial charge in [0.1, 0.15) is 18.1 Å². The fourth-order valence-corrected chi connectivity index (χ4v) is 3.97. The Morgan fingerprint density at radius 1 is 1.00 bits per heavy atom. The maximum absolute atomic E-state index is 13.1. The van der Waals surface area contributed by atoms with Crippen LogP contribution in [-0.2, 0) is 19.2 Å². The number of nitrogens with zero attached hydrogens (tertiary/aromatic N) is 2. The van der Waals surface area contributed by atoms with Crippen LogP contribution in [0.5, 0.6) is 0 Å². The van der Waals surface area contributed by atoms with Crippen molar-refractivity contribution >= 4 is 23.7 Å². The number of unbranched alkanes of at least 4 members (excludes halogenated alkanes) is 1. The van der Waals surface area contributed by atoms with E-state index in [1.807, 2.05) is 0 Å². The summed E-state index contributed by atoms with van der Waals surface area (Å²) in [6.07, 6.45) is 4.02. The van der Waals surface area contributed by atoms with Gasteiger partial charge in [-0.15, -0.1) is 0 Å². The zero-order valence-corrected chi connectivity index (χ0v) is 16.1. The molecule has 0 aromatic heterocycles. The van der Waals surface area contributed by atoms with Gasteiger partial charge in [-0.2, -0.15) is 0 Å². The van der Waals surface area contributed by atoms with Gasteiger partial charge in [-0.25, -0.2) is 4.79 Å². The van der Waals surface area contributed by atoms with E-state index in [1.165, 1.54) is 9.80 Å². The Morgan fingerprint density at radius 3 is 2.25 bits per heavy atom. The summed E-state index contributed by atoms with van der Waals surface area (Å²) in [6, 6.07) is -2.27. The maximum Gasteiger partial charge on any atom is 0.326 e. The molecule has 0 saturated carbocycles. The summed E-state index contributed by atoms with van der Waals surface area (Å²) in [7, 11) is 0. The van der Waals surface area contributed by atoms with E-state index < -0.39 is 30.0 Å². The van der Waals surface area contributed by atoms with Gasteiger partial charge in [-0.05, 0) is 51.5 Å². The zero-order chi connectivity index (χ0) is 20.7. The maximum atomic E-state index is 13.1. The lowest BCUT2D eigenvalue weighted by atomic mass is 10.1. The van der Waals surface area contributed by atoms with Gasteiger partial charge in [-0.3, -0.25) is 14.4 Å². The first kappa shape index (κ1) is 22.1. The standard InChI is InChI=1S/C18H31N5O5/c19-8-2-1-5-12(21-15(24)11-20)16(25)22-9-3-6-13(22)17(26)23-10-4-7-14(23)18(27)28/h12-14H,1-11,19-20H2,(H,21,24)(H,27,28). The normalized spacial score (nSPS) is 22.9. The van der Waals surface area contributed by atoms with E-state index in [4.69, 9.17) is 11.5 Å². The van der Waals surface area contributed by atoms with Crippen molar-refractivity contribution in [3.63, 3.8) is 0 Å². The van der Waals surface area contributed by atoms with Crippen molar-refractivity contribution in [1.82, 2.24) is 15.1 Å². The number of hydrogen-bond donors (Lipinski definition) is 4. The number of carbonyl (C=O) groups excluding carboxylic acids is 3. The van der Waals surface area contributed by atoms with Crippen molar-refractivity contribution in [2.24, 2.45) is 11.5 Å². The van der Waals surface area contributed by atoms with Crippen molar-refractivity contribution in [1.29, 1.82) is 0 Å². The molecule has 158 valence electrons. The second kappa shape index (κ2) is 10.4. The lowest BCUT2D eigenvalue weighted by Gasteiger charge is -2.32. The second-order valence-corrected chi connectivity index (χ2v) is 7.33. The van der Waals surface area contributed by atoms with E-state index in [0.29, 0.717) is 58.2 Å². The topological polar surface area (TPSA) is 159 Å². The Labute approximate surface area is 164 Å². The van der Waals surface area contributed by atoms with Crippen molar-refractivity contribution in [3.05, 3.63) is 0 Å². The van der Waals surface area contributed by atoms with E-state index in [9.17, 15) is 24.3 Å². The zero-order valence-electron chi connectivity index (χ0n) is 16.1. The number of likely N-dealkylation sites (tertiary alicyclic amines) is 2.